The predicted molar refractivity (Wildman–Crippen MR) is 111 cm³/mol. The minimum Gasteiger partial charge on any atom is -0.320 e. The number of nitrogens with one attached hydrogen (secondary N) is 2. The summed E-state index contributed by atoms with van der Waals surface area (Å²) in [6.45, 7) is 3.09. The number of hydrogen-bond donors (Lipinski definition) is 2. The SMILES string of the molecule is CCCSc1nn(C[NH+](C)CC(=O)Nc2ccccc2SC)c(=S)s1. The summed E-state index contributed by atoms with van der Waals surface area (Å²) >= 11 is 10.3. The topological polar surface area (TPSA) is 51.4 Å². The quantitative estimate of drug-likeness (QED) is 0.487. The summed E-state index contributed by atoms with van der Waals surface area (Å²) in [6.07, 6.45) is 3.11. The Bertz CT molecular complexity index is 759. The molecule has 1 aromatic heterocycles. The molecule has 0 aliphatic carbocycles. The van der Waals surface area contributed by atoms with Gasteiger partial charge < -0.3 is 10.2 Å². The summed E-state index contributed by atoms with van der Waals surface area (Å²) in [4.78, 5) is 14.4. The van der Waals surface area contributed by atoms with E-state index in [-0.39, 0.29) is 5.91 Å². The van der Waals surface area contributed by atoms with Crippen LogP contribution in [0.3, 0.4) is 0 Å². The monoisotopic (exact) mass is 415 g/mol. The Morgan fingerprint density at radius 1 is 1.44 bits per heavy atom. The summed E-state index contributed by atoms with van der Waals surface area (Å²) in [5.41, 5.74) is 0.858. The van der Waals surface area contributed by atoms with Crippen molar-refractivity contribution in [1.29, 1.82) is 0 Å². The van der Waals surface area contributed by atoms with E-state index < -0.39 is 0 Å². The highest BCUT2D eigenvalue weighted by molar-refractivity contribution is 8.01. The summed E-state index contributed by atoms with van der Waals surface area (Å²) in [6, 6.07) is 7.82. The molecule has 1 unspecified atom stereocenters. The molecule has 0 aliphatic heterocycles. The first-order valence-corrected chi connectivity index (χ1v) is 11.4. The van der Waals surface area contributed by atoms with Gasteiger partial charge in [-0.25, -0.2) is 0 Å². The van der Waals surface area contributed by atoms with E-state index in [4.69, 9.17) is 12.2 Å². The van der Waals surface area contributed by atoms with E-state index in [1.807, 2.05) is 42.3 Å². The van der Waals surface area contributed by atoms with Gasteiger partial charge in [0.25, 0.3) is 5.91 Å². The molecule has 2 aromatic rings. The lowest BCUT2D eigenvalue weighted by Gasteiger charge is -2.14. The minimum atomic E-state index is -0.0127. The standard InChI is InChI=1S/C16H22N4OS4/c1-4-9-24-15-18-20(16(22)25-15)11-19(2)10-14(21)17-12-7-5-6-8-13(12)23-3/h5-8H,4,9-11H2,1-3H3,(H,17,21)/p+1. The van der Waals surface area contributed by atoms with Crippen molar-refractivity contribution in [2.75, 3.05) is 30.9 Å². The summed E-state index contributed by atoms with van der Waals surface area (Å²) in [7, 11) is 1.97. The number of likely N-dealkylation sites (N-methyl/N-ethyl adjacent to an activating group) is 1. The van der Waals surface area contributed by atoms with Crippen LogP contribution in [0.2, 0.25) is 0 Å². The number of anilines is 1. The van der Waals surface area contributed by atoms with E-state index in [2.05, 4.69) is 17.3 Å². The Morgan fingerprint density at radius 3 is 2.92 bits per heavy atom. The lowest BCUT2D eigenvalue weighted by molar-refractivity contribution is -0.895. The van der Waals surface area contributed by atoms with Crippen molar-refractivity contribution in [3.8, 4) is 0 Å². The summed E-state index contributed by atoms with van der Waals surface area (Å²) < 4.78 is 3.57. The largest absolute Gasteiger partial charge is 0.320 e. The summed E-state index contributed by atoms with van der Waals surface area (Å²) in [5.74, 6) is 1.03. The van der Waals surface area contributed by atoms with Crippen LogP contribution in [0.1, 0.15) is 13.3 Å². The van der Waals surface area contributed by atoms with Gasteiger partial charge in [-0.05, 0) is 37.0 Å². The number of nitrogens with zero attached hydrogens (tertiary/aromatic N) is 2. The van der Waals surface area contributed by atoms with E-state index in [0.717, 1.165) is 36.0 Å². The Morgan fingerprint density at radius 2 is 2.20 bits per heavy atom. The van der Waals surface area contributed by atoms with Crippen molar-refractivity contribution in [3.05, 3.63) is 28.2 Å². The average molecular weight is 416 g/mol. The molecule has 9 heteroatoms. The van der Waals surface area contributed by atoms with Gasteiger partial charge in [-0.15, -0.1) is 16.9 Å². The van der Waals surface area contributed by atoms with Gasteiger partial charge >= 0.3 is 0 Å². The zero-order chi connectivity index (χ0) is 18.2. The highest BCUT2D eigenvalue weighted by atomic mass is 32.2. The molecule has 0 radical (unpaired) electrons. The van der Waals surface area contributed by atoms with Gasteiger partial charge in [0.05, 0.1) is 12.7 Å². The fraction of sp³-hybridized carbons (Fsp3) is 0.438. The fourth-order valence-electron chi connectivity index (χ4n) is 2.16. The molecule has 0 saturated carbocycles. The van der Waals surface area contributed by atoms with Crippen LogP contribution in [0, 0.1) is 3.95 Å². The van der Waals surface area contributed by atoms with Crippen molar-refractivity contribution < 1.29 is 9.69 Å². The summed E-state index contributed by atoms with van der Waals surface area (Å²) in [5, 5.41) is 7.53. The predicted octanol–water partition coefficient (Wildman–Crippen LogP) is 3.01. The first kappa shape index (κ1) is 20.4. The first-order chi connectivity index (χ1) is 12.0. The highest BCUT2D eigenvalue weighted by Crippen LogP contribution is 2.24. The van der Waals surface area contributed by atoms with Crippen molar-refractivity contribution in [2.45, 2.75) is 29.2 Å². The number of carbonyl (C=O) groups is 1. The van der Waals surface area contributed by atoms with Crippen molar-refractivity contribution in [3.63, 3.8) is 0 Å². The van der Waals surface area contributed by atoms with Crippen LogP contribution in [0.4, 0.5) is 5.69 Å². The number of thioether (sulfide) groups is 2. The molecule has 2 rings (SSSR count). The molecule has 25 heavy (non-hydrogen) atoms. The third-order valence-electron chi connectivity index (χ3n) is 3.28. The molecule has 1 atom stereocenters. The van der Waals surface area contributed by atoms with Gasteiger partial charge in [0.15, 0.2) is 21.5 Å². The molecule has 0 aliphatic rings. The second kappa shape index (κ2) is 10.3. The van der Waals surface area contributed by atoms with Crippen LogP contribution in [0.25, 0.3) is 0 Å². The third kappa shape index (κ3) is 6.41. The van der Waals surface area contributed by atoms with Crippen molar-refractivity contribution in [2.24, 2.45) is 0 Å². The Labute approximate surface area is 166 Å². The van der Waals surface area contributed by atoms with Crippen molar-refractivity contribution >= 4 is 58.7 Å². The lowest BCUT2D eigenvalue weighted by Crippen LogP contribution is -3.09. The average Bonchev–Trinajstić information content (AvgIpc) is 2.92. The van der Waals surface area contributed by atoms with Gasteiger partial charge in [0.1, 0.15) is 0 Å². The van der Waals surface area contributed by atoms with Crippen LogP contribution in [-0.4, -0.2) is 41.3 Å². The molecule has 0 bridgehead atoms. The number of amides is 1. The maximum atomic E-state index is 12.3. The molecule has 136 valence electrons. The van der Waals surface area contributed by atoms with Crippen LogP contribution in [0.15, 0.2) is 33.5 Å². The number of quaternary nitrogens is 1. The van der Waals surface area contributed by atoms with Crippen LogP contribution in [-0.2, 0) is 11.5 Å². The van der Waals surface area contributed by atoms with Crippen LogP contribution in [0.5, 0.6) is 0 Å². The molecule has 0 spiro atoms. The number of hydrogen-bond acceptors (Lipinski definition) is 6. The molecule has 1 aromatic carbocycles. The second-order valence-electron chi connectivity index (χ2n) is 5.52. The smallest absolute Gasteiger partial charge is 0.279 e. The van der Waals surface area contributed by atoms with E-state index in [9.17, 15) is 4.79 Å². The van der Waals surface area contributed by atoms with Crippen LogP contribution >= 0.6 is 47.1 Å². The number of rotatable bonds is 9. The number of carbonyl (C=O) groups excluding carboxylic acids is 1. The number of para-hydroxylation sites is 1. The maximum Gasteiger partial charge on any atom is 0.279 e. The maximum absolute atomic E-state index is 12.3. The van der Waals surface area contributed by atoms with Crippen LogP contribution < -0.4 is 10.2 Å². The molecule has 1 amide bonds. The van der Waals surface area contributed by atoms with Gasteiger partial charge in [0, 0.05) is 10.6 Å². The lowest BCUT2D eigenvalue weighted by atomic mass is 10.3. The van der Waals surface area contributed by atoms with Gasteiger partial charge in [-0.3, -0.25) is 4.79 Å². The fourth-order valence-corrected chi connectivity index (χ4v) is 4.97. The highest BCUT2D eigenvalue weighted by Gasteiger charge is 2.14. The minimum absolute atomic E-state index is 0.0127. The Balaban J connectivity index is 1.91. The second-order valence-corrected chi connectivity index (χ2v) is 9.34. The molecule has 1 heterocycles. The molecule has 0 fully saturated rings. The molecular weight excluding hydrogens is 392 g/mol. The van der Waals surface area contributed by atoms with Gasteiger partial charge in [-0.2, -0.15) is 4.68 Å². The van der Waals surface area contributed by atoms with E-state index in [0.29, 0.717) is 13.2 Å². The van der Waals surface area contributed by atoms with Crippen molar-refractivity contribution in [1.82, 2.24) is 9.78 Å². The van der Waals surface area contributed by atoms with E-state index in [1.165, 1.54) is 11.3 Å². The molecule has 2 N–H and O–H groups in total. The van der Waals surface area contributed by atoms with Gasteiger partial charge in [0.2, 0.25) is 0 Å². The molecular formula is C16H23N4OS4+. The van der Waals surface area contributed by atoms with E-state index >= 15 is 0 Å². The zero-order valence-electron chi connectivity index (χ0n) is 14.6. The Hall–Kier alpha value is -0.870. The normalized spacial score (nSPS) is 12.1. The zero-order valence-corrected chi connectivity index (χ0v) is 17.8. The van der Waals surface area contributed by atoms with Gasteiger partial charge in [-0.1, -0.05) is 42.2 Å². The number of benzene rings is 1. The van der Waals surface area contributed by atoms with E-state index in [1.54, 1.807) is 23.5 Å². The Kier molecular flexibility index (Phi) is 8.44. The third-order valence-corrected chi connectivity index (χ3v) is 6.72. The molecule has 5 nitrogen and oxygen atoms in total. The molecule has 0 saturated heterocycles. The number of aromatic nitrogens is 2. The first-order valence-electron chi connectivity index (χ1n) is 7.98.